The normalized spacial score (nSPS) is 16.1. The van der Waals surface area contributed by atoms with E-state index in [1.807, 2.05) is 18.2 Å². The molecule has 0 unspecified atom stereocenters. The summed E-state index contributed by atoms with van der Waals surface area (Å²) in [6.45, 7) is -0.0253. The van der Waals surface area contributed by atoms with Gasteiger partial charge < -0.3 is 4.84 Å². The molecule has 0 saturated heterocycles. The van der Waals surface area contributed by atoms with E-state index in [4.69, 9.17) is 4.84 Å². The summed E-state index contributed by atoms with van der Waals surface area (Å²) < 4.78 is 38.2. The van der Waals surface area contributed by atoms with Gasteiger partial charge in [-0.15, -0.1) is 0 Å². The molecule has 2 aromatic carbocycles. The minimum Gasteiger partial charge on any atom is -0.390 e. The van der Waals surface area contributed by atoms with Crippen molar-refractivity contribution < 1.29 is 18.0 Å². The fourth-order valence-electron chi connectivity index (χ4n) is 3.39. The Kier molecular flexibility index (Phi) is 5.96. The van der Waals surface area contributed by atoms with Crippen molar-refractivity contribution >= 4 is 6.21 Å². The molecule has 0 heterocycles. The smallest absolute Gasteiger partial charge is 0.390 e. The number of alkyl halides is 3. The Hall–Kier alpha value is -2.30. The van der Waals surface area contributed by atoms with E-state index >= 15 is 0 Å². The number of nitrogens with zero attached hydrogens (tertiary/aromatic N) is 1. The zero-order valence-corrected chi connectivity index (χ0v) is 14.4. The van der Waals surface area contributed by atoms with Crippen molar-refractivity contribution in [2.24, 2.45) is 5.16 Å². The van der Waals surface area contributed by atoms with Gasteiger partial charge in [0, 0.05) is 5.56 Å². The van der Waals surface area contributed by atoms with Crippen molar-refractivity contribution in [1.29, 1.82) is 0 Å². The van der Waals surface area contributed by atoms with Crippen LogP contribution >= 0.6 is 0 Å². The summed E-state index contributed by atoms with van der Waals surface area (Å²) in [7, 11) is 0. The molecule has 0 atom stereocenters. The molecule has 137 valence electrons. The predicted octanol–water partition coefficient (Wildman–Crippen LogP) is 6.18. The minimum atomic E-state index is -4.36. The summed E-state index contributed by atoms with van der Waals surface area (Å²) in [5.74, 6) is 0.520. The average Bonchev–Trinajstić information content (AvgIpc) is 2.66. The fraction of sp³-hybridized carbons (Fsp3) is 0.381. The molecule has 3 rings (SSSR count). The van der Waals surface area contributed by atoms with Gasteiger partial charge in [0.15, 0.2) is 0 Å². The van der Waals surface area contributed by atoms with Gasteiger partial charge in [-0.1, -0.05) is 60.8 Å². The van der Waals surface area contributed by atoms with E-state index < -0.39 is 11.7 Å². The van der Waals surface area contributed by atoms with Crippen LogP contribution in [0.1, 0.15) is 60.3 Å². The summed E-state index contributed by atoms with van der Waals surface area (Å²) in [5, 5.41) is 3.85. The van der Waals surface area contributed by atoms with Crippen LogP contribution in [0.15, 0.2) is 53.7 Å². The van der Waals surface area contributed by atoms with Crippen LogP contribution in [0, 0.1) is 0 Å². The van der Waals surface area contributed by atoms with Gasteiger partial charge in [-0.2, -0.15) is 13.2 Å². The average molecular weight is 360 g/mol. The highest BCUT2D eigenvalue weighted by atomic mass is 19.4. The van der Waals surface area contributed by atoms with Gasteiger partial charge in [0.25, 0.3) is 0 Å². The Bertz CT molecular complexity index is 749. The number of rotatable bonds is 5. The van der Waals surface area contributed by atoms with Crippen molar-refractivity contribution in [3.63, 3.8) is 0 Å². The van der Waals surface area contributed by atoms with Crippen LogP contribution in [0.2, 0.25) is 0 Å². The zero-order valence-electron chi connectivity index (χ0n) is 14.4. The summed E-state index contributed by atoms with van der Waals surface area (Å²) in [6.07, 6.45) is 4.66. The van der Waals surface area contributed by atoms with Crippen LogP contribution in [-0.2, 0) is 17.6 Å². The van der Waals surface area contributed by atoms with E-state index in [9.17, 15) is 13.2 Å². The third-order valence-corrected chi connectivity index (χ3v) is 4.72. The van der Waals surface area contributed by atoms with Gasteiger partial charge in [-0.05, 0) is 42.0 Å². The van der Waals surface area contributed by atoms with Crippen LogP contribution in [0.4, 0.5) is 13.2 Å². The Morgan fingerprint density at radius 3 is 2.54 bits per heavy atom. The Balaban J connectivity index is 1.63. The van der Waals surface area contributed by atoms with Gasteiger partial charge in [-0.3, -0.25) is 0 Å². The van der Waals surface area contributed by atoms with Crippen LogP contribution in [0.3, 0.4) is 0 Å². The van der Waals surface area contributed by atoms with E-state index in [1.54, 1.807) is 6.07 Å². The Morgan fingerprint density at radius 2 is 1.77 bits per heavy atom. The van der Waals surface area contributed by atoms with Crippen LogP contribution in [0.25, 0.3) is 0 Å². The molecule has 0 amide bonds. The maximum atomic E-state index is 12.7. The number of benzene rings is 2. The molecule has 1 saturated carbocycles. The van der Waals surface area contributed by atoms with E-state index in [1.165, 1.54) is 43.7 Å². The van der Waals surface area contributed by atoms with Crippen LogP contribution in [-0.4, -0.2) is 6.21 Å². The molecule has 0 bridgehead atoms. The van der Waals surface area contributed by atoms with E-state index in [-0.39, 0.29) is 6.61 Å². The topological polar surface area (TPSA) is 21.6 Å². The van der Waals surface area contributed by atoms with Crippen molar-refractivity contribution in [3.8, 4) is 0 Å². The maximum absolute atomic E-state index is 12.7. The summed E-state index contributed by atoms with van der Waals surface area (Å²) in [5.41, 5.74) is 1.85. The summed E-state index contributed by atoms with van der Waals surface area (Å²) in [4.78, 5) is 5.18. The second kappa shape index (κ2) is 8.39. The second-order valence-corrected chi connectivity index (χ2v) is 6.60. The highest BCUT2D eigenvalue weighted by Gasteiger charge is 2.30. The maximum Gasteiger partial charge on any atom is 0.416 e. The molecule has 1 fully saturated rings. The highest BCUT2D eigenvalue weighted by Crippen LogP contribution is 2.34. The second-order valence-electron chi connectivity index (χ2n) is 6.60. The molecule has 5 heteroatoms. The lowest BCUT2D eigenvalue weighted by molar-refractivity contribution is -0.137. The molecule has 26 heavy (non-hydrogen) atoms. The van der Waals surface area contributed by atoms with E-state index in [0.717, 1.165) is 17.7 Å². The van der Waals surface area contributed by atoms with Crippen molar-refractivity contribution in [1.82, 2.24) is 0 Å². The van der Waals surface area contributed by atoms with Gasteiger partial charge in [0.2, 0.25) is 0 Å². The fourth-order valence-corrected chi connectivity index (χ4v) is 3.39. The first-order valence-corrected chi connectivity index (χ1v) is 8.87. The number of halogens is 3. The SMILES string of the molecule is FC(F)(F)c1cccc(CO/N=[C]\c2ccccc2C2CCCCC2)c1. The first kappa shape index (κ1) is 18.5. The van der Waals surface area contributed by atoms with Crippen LogP contribution in [0.5, 0.6) is 0 Å². The van der Waals surface area contributed by atoms with E-state index in [0.29, 0.717) is 11.5 Å². The standard InChI is InChI=1S/C21H21F3NO/c22-21(23,24)19-11-6-7-16(13-19)15-26-25-14-18-10-4-5-12-20(18)17-8-2-1-3-9-17/h4-7,10-13,17H,1-3,8-9,15H2. The summed E-state index contributed by atoms with van der Waals surface area (Å²) >= 11 is 0. The van der Waals surface area contributed by atoms with Gasteiger partial charge in [0.05, 0.1) is 5.56 Å². The highest BCUT2D eigenvalue weighted by molar-refractivity contribution is 5.81. The lowest BCUT2D eigenvalue weighted by Crippen LogP contribution is -2.07. The monoisotopic (exact) mass is 360 g/mol. The molecular formula is C21H21F3NO. The lowest BCUT2D eigenvalue weighted by atomic mass is 9.82. The lowest BCUT2D eigenvalue weighted by Gasteiger charge is -2.23. The molecule has 0 N–H and O–H groups in total. The molecule has 0 aliphatic heterocycles. The number of hydrogen-bond donors (Lipinski definition) is 0. The van der Waals surface area contributed by atoms with Crippen molar-refractivity contribution in [3.05, 3.63) is 70.8 Å². The molecule has 1 aliphatic carbocycles. The van der Waals surface area contributed by atoms with Crippen LogP contribution < -0.4 is 0 Å². The predicted molar refractivity (Wildman–Crippen MR) is 95.0 cm³/mol. The molecule has 2 aromatic rings. The minimum absolute atomic E-state index is 0.0253. The number of hydrogen-bond acceptors (Lipinski definition) is 2. The zero-order chi connectivity index (χ0) is 18.4. The molecule has 2 nitrogen and oxygen atoms in total. The Morgan fingerprint density at radius 1 is 1.00 bits per heavy atom. The summed E-state index contributed by atoms with van der Waals surface area (Å²) in [6, 6.07) is 13.1. The first-order valence-electron chi connectivity index (χ1n) is 8.87. The van der Waals surface area contributed by atoms with Gasteiger partial charge in [-0.25, -0.2) is 0 Å². The van der Waals surface area contributed by atoms with Gasteiger partial charge in [0.1, 0.15) is 12.8 Å². The molecule has 1 radical (unpaired) electrons. The third kappa shape index (κ3) is 4.87. The third-order valence-electron chi connectivity index (χ3n) is 4.72. The molecule has 1 aliphatic rings. The Labute approximate surface area is 151 Å². The quantitative estimate of drug-likeness (QED) is 0.461. The first-order chi connectivity index (χ1) is 12.5. The molecular weight excluding hydrogens is 339 g/mol. The van der Waals surface area contributed by atoms with E-state index in [2.05, 4.69) is 17.4 Å². The molecule has 0 aromatic heterocycles. The molecule has 0 spiro atoms. The van der Waals surface area contributed by atoms with Crippen molar-refractivity contribution in [2.75, 3.05) is 0 Å². The van der Waals surface area contributed by atoms with Gasteiger partial charge >= 0.3 is 6.18 Å². The van der Waals surface area contributed by atoms with Crippen molar-refractivity contribution in [2.45, 2.75) is 50.8 Å². The largest absolute Gasteiger partial charge is 0.416 e.